The van der Waals surface area contributed by atoms with Crippen LogP contribution in [0.4, 0.5) is 5.69 Å². The summed E-state index contributed by atoms with van der Waals surface area (Å²) in [5, 5.41) is 14.6. The first-order valence-corrected chi connectivity index (χ1v) is 6.75. The number of nitrogens with one attached hydrogen (secondary N) is 1. The lowest BCUT2D eigenvalue weighted by Gasteiger charge is -2.29. The van der Waals surface area contributed by atoms with Crippen molar-refractivity contribution in [3.8, 4) is 5.75 Å². The van der Waals surface area contributed by atoms with Gasteiger partial charge in [-0.1, -0.05) is 30.1 Å². The zero-order valence-electron chi connectivity index (χ0n) is 10.4. The molecule has 0 saturated carbocycles. The van der Waals surface area contributed by atoms with Crippen LogP contribution >= 0.6 is 23.2 Å². The zero-order valence-corrected chi connectivity index (χ0v) is 11.9. The Hall–Kier alpha value is -1.04. The third-order valence-corrected chi connectivity index (χ3v) is 3.96. The SMILES string of the molecule is CC1CCNCC1Oc1cc(Cl)c(Cl)cc1[N+](=O)[O-]. The molecule has 1 aromatic rings. The summed E-state index contributed by atoms with van der Waals surface area (Å²) < 4.78 is 5.75. The number of ether oxygens (including phenoxy) is 1. The van der Waals surface area contributed by atoms with E-state index in [0.717, 1.165) is 13.0 Å². The van der Waals surface area contributed by atoms with Crippen LogP contribution in [-0.4, -0.2) is 24.1 Å². The zero-order chi connectivity index (χ0) is 14.0. The number of hydrogen-bond acceptors (Lipinski definition) is 4. The largest absolute Gasteiger partial charge is 0.482 e. The van der Waals surface area contributed by atoms with Gasteiger partial charge in [0.1, 0.15) is 6.10 Å². The molecule has 0 amide bonds. The monoisotopic (exact) mass is 304 g/mol. The molecule has 1 heterocycles. The Kier molecular flexibility index (Phi) is 4.50. The first-order chi connectivity index (χ1) is 8.99. The van der Waals surface area contributed by atoms with Crippen molar-refractivity contribution in [1.82, 2.24) is 5.32 Å². The Bertz CT molecular complexity index is 496. The van der Waals surface area contributed by atoms with E-state index < -0.39 is 4.92 Å². The summed E-state index contributed by atoms with van der Waals surface area (Å²) >= 11 is 11.7. The van der Waals surface area contributed by atoms with E-state index >= 15 is 0 Å². The van der Waals surface area contributed by atoms with E-state index in [1.54, 1.807) is 0 Å². The van der Waals surface area contributed by atoms with Gasteiger partial charge in [-0.3, -0.25) is 10.1 Å². The number of piperidine rings is 1. The van der Waals surface area contributed by atoms with Crippen LogP contribution in [0.2, 0.25) is 10.0 Å². The first-order valence-electron chi connectivity index (χ1n) is 6.00. The molecule has 1 aliphatic rings. The van der Waals surface area contributed by atoms with Crippen molar-refractivity contribution in [2.24, 2.45) is 5.92 Å². The number of nitrogens with zero attached hydrogens (tertiary/aromatic N) is 1. The summed E-state index contributed by atoms with van der Waals surface area (Å²) in [6, 6.07) is 2.63. The fraction of sp³-hybridized carbons (Fsp3) is 0.500. The molecule has 1 aromatic carbocycles. The minimum absolute atomic E-state index is 0.107. The lowest BCUT2D eigenvalue weighted by Crippen LogP contribution is -2.42. The van der Waals surface area contributed by atoms with Crippen LogP contribution in [0.5, 0.6) is 5.75 Å². The molecule has 0 aromatic heterocycles. The highest BCUT2D eigenvalue weighted by Gasteiger charge is 2.26. The van der Waals surface area contributed by atoms with Crippen molar-refractivity contribution in [2.45, 2.75) is 19.4 Å². The summed E-state index contributed by atoms with van der Waals surface area (Å²) in [5.41, 5.74) is -0.160. The van der Waals surface area contributed by atoms with E-state index in [4.69, 9.17) is 27.9 Å². The van der Waals surface area contributed by atoms with Gasteiger partial charge in [-0.05, 0) is 18.9 Å². The van der Waals surface area contributed by atoms with Crippen molar-refractivity contribution < 1.29 is 9.66 Å². The first kappa shape index (κ1) is 14.4. The van der Waals surface area contributed by atoms with Gasteiger partial charge in [-0.15, -0.1) is 0 Å². The van der Waals surface area contributed by atoms with Gasteiger partial charge in [0, 0.05) is 18.7 Å². The Balaban J connectivity index is 2.27. The second-order valence-electron chi connectivity index (χ2n) is 4.62. The molecule has 19 heavy (non-hydrogen) atoms. The van der Waals surface area contributed by atoms with Crippen LogP contribution in [-0.2, 0) is 0 Å². The van der Waals surface area contributed by atoms with Crippen molar-refractivity contribution in [2.75, 3.05) is 13.1 Å². The van der Waals surface area contributed by atoms with Crippen molar-refractivity contribution >= 4 is 28.9 Å². The average Bonchev–Trinajstić information content (AvgIpc) is 2.36. The highest BCUT2D eigenvalue weighted by atomic mass is 35.5. The number of nitro benzene ring substituents is 1. The molecule has 1 N–H and O–H groups in total. The van der Waals surface area contributed by atoms with Crippen LogP contribution in [0.3, 0.4) is 0 Å². The third kappa shape index (κ3) is 3.29. The molecule has 5 nitrogen and oxygen atoms in total. The van der Waals surface area contributed by atoms with Crippen LogP contribution in [0.15, 0.2) is 12.1 Å². The summed E-state index contributed by atoms with van der Waals surface area (Å²) in [5.74, 6) is 0.496. The highest BCUT2D eigenvalue weighted by molar-refractivity contribution is 6.42. The maximum absolute atomic E-state index is 11.0. The molecule has 7 heteroatoms. The topological polar surface area (TPSA) is 64.4 Å². The molecule has 1 fully saturated rings. The minimum atomic E-state index is -0.515. The quantitative estimate of drug-likeness (QED) is 0.687. The fourth-order valence-electron chi connectivity index (χ4n) is 2.04. The normalized spacial score (nSPS) is 23.1. The second-order valence-corrected chi connectivity index (χ2v) is 5.43. The summed E-state index contributed by atoms with van der Waals surface area (Å²) in [6.45, 7) is 3.66. The molecule has 2 unspecified atom stereocenters. The summed E-state index contributed by atoms with van der Waals surface area (Å²) in [4.78, 5) is 10.5. The van der Waals surface area contributed by atoms with Gasteiger partial charge < -0.3 is 10.1 Å². The van der Waals surface area contributed by atoms with Gasteiger partial charge in [0.15, 0.2) is 5.75 Å². The Morgan fingerprint density at radius 2 is 2.11 bits per heavy atom. The molecular formula is C12H14Cl2N2O3. The Labute approximate surface area is 121 Å². The smallest absolute Gasteiger partial charge is 0.312 e. The van der Waals surface area contributed by atoms with E-state index in [0.29, 0.717) is 12.5 Å². The Morgan fingerprint density at radius 3 is 2.74 bits per heavy atom. The van der Waals surface area contributed by atoms with Gasteiger partial charge >= 0.3 is 5.69 Å². The van der Waals surface area contributed by atoms with Crippen LogP contribution in [0.25, 0.3) is 0 Å². The second kappa shape index (κ2) is 5.94. The number of benzene rings is 1. The third-order valence-electron chi connectivity index (χ3n) is 3.23. The maximum atomic E-state index is 11.0. The standard InChI is InChI=1S/C12H14Cl2N2O3/c1-7-2-3-15-6-12(7)19-11-5-9(14)8(13)4-10(11)16(17)18/h4-5,7,12,15H,2-3,6H2,1H3. The molecule has 0 aliphatic carbocycles. The van der Waals surface area contributed by atoms with E-state index in [1.807, 2.05) is 0 Å². The highest BCUT2D eigenvalue weighted by Crippen LogP contribution is 2.37. The molecule has 2 atom stereocenters. The number of halogens is 2. The Morgan fingerprint density at radius 1 is 1.42 bits per heavy atom. The van der Waals surface area contributed by atoms with E-state index in [1.165, 1.54) is 12.1 Å². The fourth-order valence-corrected chi connectivity index (χ4v) is 2.35. The number of nitro groups is 1. The van der Waals surface area contributed by atoms with E-state index in [9.17, 15) is 10.1 Å². The maximum Gasteiger partial charge on any atom is 0.312 e. The molecule has 104 valence electrons. The molecule has 2 rings (SSSR count). The van der Waals surface area contributed by atoms with Crippen molar-refractivity contribution in [3.63, 3.8) is 0 Å². The van der Waals surface area contributed by atoms with E-state index in [2.05, 4.69) is 12.2 Å². The lowest BCUT2D eigenvalue weighted by atomic mass is 9.97. The van der Waals surface area contributed by atoms with Crippen molar-refractivity contribution in [1.29, 1.82) is 0 Å². The predicted octanol–water partition coefficient (Wildman–Crippen LogP) is 3.28. The molecule has 1 saturated heterocycles. The van der Waals surface area contributed by atoms with Gasteiger partial charge in [0.2, 0.25) is 0 Å². The van der Waals surface area contributed by atoms with Crippen LogP contribution in [0, 0.1) is 16.0 Å². The molecule has 0 bridgehead atoms. The number of rotatable bonds is 3. The van der Waals surface area contributed by atoms with Gasteiger partial charge in [-0.25, -0.2) is 0 Å². The molecular weight excluding hydrogens is 291 g/mol. The van der Waals surface area contributed by atoms with E-state index in [-0.39, 0.29) is 27.6 Å². The van der Waals surface area contributed by atoms with Gasteiger partial charge in [0.05, 0.1) is 15.0 Å². The van der Waals surface area contributed by atoms with Crippen LogP contribution < -0.4 is 10.1 Å². The molecule has 0 radical (unpaired) electrons. The summed E-state index contributed by atoms with van der Waals surface area (Å²) in [7, 11) is 0. The number of hydrogen-bond donors (Lipinski definition) is 1. The molecule has 1 aliphatic heterocycles. The minimum Gasteiger partial charge on any atom is -0.482 e. The lowest BCUT2D eigenvalue weighted by molar-refractivity contribution is -0.386. The van der Waals surface area contributed by atoms with Gasteiger partial charge in [-0.2, -0.15) is 0 Å². The average molecular weight is 305 g/mol. The predicted molar refractivity (Wildman–Crippen MR) is 74.2 cm³/mol. The van der Waals surface area contributed by atoms with Crippen molar-refractivity contribution in [3.05, 3.63) is 32.3 Å². The van der Waals surface area contributed by atoms with Gasteiger partial charge in [0.25, 0.3) is 0 Å². The summed E-state index contributed by atoms with van der Waals surface area (Å²) in [6.07, 6.45) is 0.865. The van der Waals surface area contributed by atoms with Crippen LogP contribution in [0.1, 0.15) is 13.3 Å². The molecule has 0 spiro atoms.